The van der Waals surface area contributed by atoms with Crippen LogP contribution in [0.25, 0.3) is 0 Å². The zero-order chi connectivity index (χ0) is 25.3. The van der Waals surface area contributed by atoms with Gasteiger partial charge in [-0.1, -0.05) is 65.8 Å². The summed E-state index contributed by atoms with van der Waals surface area (Å²) in [5.74, 6) is 0.432. The second kappa shape index (κ2) is 12.6. The fraction of sp³-hybridized carbons (Fsp3) is 0.259. The molecule has 0 heterocycles. The summed E-state index contributed by atoms with van der Waals surface area (Å²) in [7, 11) is -4.07. The van der Waals surface area contributed by atoms with Crippen LogP contribution in [0.1, 0.15) is 30.4 Å². The maximum Gasteiger partial charge on any atom is 0.264 e. The lowest BCUT2D eigenvalue weighted by atomic mass is 9.86. The molecule has 3 aromatic carbocycles. The van der Waals surface area contributed by atoms with E-state index in [1.165, 1.54) is 0 Å². The van der Waals surface area contributed by atoms with E-state index in [2.05, 4.69) is 6.58 Å². The molecule has 186 valence electrons. The van der Waals surface area contributed by atoms with E-state index in [1.807, 2.05) is 72.8 Å². The minimum atomic E-state index is -4.07. The largest absolute Gasteiger partial charge is 0.489 e. The van der Waals surface area contributed by atoms with Crippen molar-refractivity contribution >= 4 is 33.5 Å². The minimum absolute atomic E-state index is 0.147. The van der Waals surface area contributed by atoms with Crippen molar-refractivity contribution in [1.82, 2.24) is 0 Å². The van der Waals surface area contributed by atoms with Gasteiger partial charge in [0.15, 0.2) is 0 Å². The highest BCUT2D eigenvalue weighted by Crippen LogP contribution is 2.33. The number of halogens is 1. The molecule has 0 bridgehead atoms. The van der Waals surface area contributed by atoms with Crippen LogP contribution in [-0.2, 0) is 23.1 Å². The highest BCUT2D eigenvalue weighted by Gasteiger charge is 2.26. The van der Waals surface area contributed by atoms with Gasteiger partial charge in [0.25, 0.3) is 10.1 Å². The van der Waals surface area contributed by atoms with Gasteiger partial charge in [-0.3, -0.25) is 4.55 Å². The molecule has 5 nitrogen and oxygen atoms in total. The molecule has 0 radical (unpaired) electrons. The maximum atomic E-state index is 11.2. The minimum Gasteiger partial charge on any atom is -0.489 e. The number of hydrogen-bond donors (Lipinski definition) is 2. The molecular formula is C27H30ClNO4S2. The topological polar surface area (TPSA) is 89.6 Å². The van der Waals surface area contributed by atoms with Gasteiger partial charge in [-0.25, -0.2) is 0 Å². The van der Waals surface area contributed by atoms with Crippen molar-refractivity contribution in [1.29, 1.82) is 0 Å². The van der Waals surface area contributed by atoms with Crippen molar-refractivity contribution in [3.05, 3.63) is 102 Å². The summed E-state index contributed by atoms with van der Waals surface area (Å²) in [6.07, 6.45) is 3.37. The molecule has 0 aliphatic rings. The third kappa shape index (κ3) is 9.35. The number of ether oxygens (including phenoxy) is 1. The van der Waals surface area contributed by atoms with Crippen LogP contribution < -0.4 is 10.5 Å². The van der Waals surface area contributed by atoms with Crippen LogP contribution in [0.4, 0.5) is 0 Å². The molecule has 0 aliphatic heterocycles. The van der Waals surface area contributed by atoms with Crippen LogP contribution in [0.5, 0.6) is 5.75 Å². The SMILES string of the molecule is C=CCC(N)(CCc1ccc(Sc2ccc(OCc3ccccc3)cc2)cc1Cl)CCS(=O)(=O)O. The summed E-state index contributed by atoms with van der Waals surface area (Å²) >= 11 is 8.15. The summed E-state index contributed by atoms with van der Waals surface area (Å²) in [5, 5.41) is 0.633. The summed E-state index contributed by atoms with van der Waals surface area (Å²) in [5.41, 5.74) is 7.69. The fourth-order valence-electron chi connectivity index (χ4n) is 3.61. The monoisotopic (exact) mass is 531 g/mol. The van der Waals surface area contributed by atoms with Gasteiger partial charge < -0.3 is 10.5 Å². The van der Waals surface area contributed by atoms with E-state index < -0.39 is 15.7 Å². The van der Waals surface area contributed by atoms with Crippen LogP contribution in [0.2, 0.25) is 5.02 Å². The molecule has 1 unspecified atom stereocenters. The van der Waals surface area contributed by atoms with Gasteiger partial charge in [0, 0.05) is 20.4 Å². The van der Waals surface area contributed by atoms with Crippen LogP contribution >= 0.6 is 23.4 Å². The first-order valence-electron chi connectivity index (χ1n) is 11.2. The number of aryl methyl sites for hydroxylation is 1. The van der Waals surface area contributed by atoms with Gasteiger partial charge in [0.2, 0.25) is 0 Å². The second-order valence-electron chi connectivity index (χ2n) is 8.49. The van der Waals surface area contributed by atoms with Crippen LogP contribution in [-0.4, -0.2) is 24.3 Å². The highest BCUT2D eigenvalue weighted by atomic mass is 35.5. The third-order valence-electron chi connectivity index (χ3n) is 5.63. The second-order valence-corrected chi connectivity index (χ2v) is 11.6. The Hall–Kier alpha value is -2.29. The van der Waals surface area contributed by atoms with Gasteiger partial charge in [0.1, 0.15) is 12.4 Å². The Labute approximate surface area is 217 Å². The quantitative estimate of drug-likeness (QED) is 0.192. The molecule has 0 saturated carbocycles. The summed E-state index contributed by atoms with van der Waals surface area (Å²) in [6.45, 7) is 4.24. The molecule has 0 spiro atoms. The molecule has 3 rings (SSSR count). The van der Waals surface area contributed by atoms with E-state index >= 15 is 0 Å². The van der Waals surface area contributed by atoms with Crippen molar-refractivity contribution in [2.75, 3.05) is 5.75 Å². The van der Waals surface area contributed by atoms with E-state index in [4.69, 9.17) is 26.6 Å². The molecule has 3 N–H and O–H groups in total. The first-order valence-corrected chi connectivity index (χ1v) is 14.0. The van der Waals surface area contributed by atoms with E-state index in [0.29, 0.717) is 30.9 Å². The van der Waals surface area contributed by atoms with Gasteiger partial charge in [-0.15, -0.1) is 6.58 Å². The third-order valence-corrected chi connectivity index (χ3v) is 7.70. The Balaban J connectivity index is 1.56. The lowest BCUT2D eigenvalue weighted by Crippen LogP contribution is -2.41. The Morgan fingerprint density at radius 2 is 1.71 bits per heavy atom. The smallest absolute Gasteiger partial charge is 0.264 e. The Morgan fingerprint density at radius 3 is 2.34 bits per heavy atom. The lowest BCUT2D eigenvalue weighted by Gasteiger charge is -2.28. The number of rotatable bonds is 13. The van der Waals surface area contributed by atoms with Crippen LogP contribution in [0.3, 0.4) is 0 Å². The average molecular weight is 532 g/mol. The first kappa shape index (κ1) is 27.3. The molecule has 3 aromatic rings. The lowest BCUT2D eigenvalue weighted by molar-refractivity contribution is 0.306. The summed E-state index contributed by atoms with van der Waals surface area (Å²) < 4.78 is 37.2. The van der Waals surface area contributed by atoms with Gasteiger partial charge >= 0.3 is 0 Å². The Kier molecular flexibility index (Phi) is 9.83. The molecule has 1 atom stereocenters. The molecule has 0 aliphatic carbocycles. The average Bonchev–Trinajstić information content (AvgIpc) is 2.82. The predicted molar refractivity (Wildman–Crippen MR) is 144 cm³/mol. The van der Waals surface area contributed by atoms with Gasteiger partial charge in [-0.05, 0) is 73.2 Å². The highest BCUT2D eigenvalue weighted by molar-refractivity contribution is 7.99. The fourth-order valence-corrected chi connectivity index (χ4v) is 5.47. The normalized spacial score (nSPS) is 13.2. The zero-order valence-corrected chi connectivity index (χ0v) is 21.8. The summed E-state index contributed by atoms with van der Waals surface area (Å²) in [4.78, 5) is 2.08. The molecule has 0 amide bonds. The van der Waals surface area contributed by atoms with Gasteiger partial charge in [-0.2, -0.15) is 8.42 Å². The van der Waals surface area contributed by atoms with Crippen molar-refractivity contribution in [3.8, 4) is 5.75 Å². The predicted octanol–water partition coefficient (Wildman–Crippen LogP) is 6.55. The Bertz CT molecular complexity index is 1220. The summed E-state index contributed by atoms with van der Waals surface area (Å²) in [6, 6.07) is 23.9. The van der Waals surface area contributed by atoms with Gasteiger partial charge in [0.05, 0.1) is 5.75 Å². The Morgan fingerprint density at radius 1 is 1.03 bits per heavy atom. The molecular weight excluding hydrogens is 502 g/mol. The van der Waals surface area contributed by atoms with E-state index in [0.717, 1.165) is 26.7 Å². The van der Waals surface area contributed by atoms with Crippen molar-refractivity contribution in [2.24, 2.45) is 5.73 Å². The van der Waals surface area contributed by atoms with Crippen molar-refractivity contribution < 1.29 is 17.7 Å². The molecule has 8 heteroatoms. The molecule has 0 fully saturated rings. The number of hydrogen-bond acceptors (Lipinski definition) is 5. The molecule has 35 heavy (non-hydrogen) atoms. The van der Waals surface area contributed by atoms with Crippen molar-refractivity contribution in [3.63, 3.8) is 0 Å². The van der Waals surface area contributed by atoms with Crippen LogP contribution in [0.15, 0.2) is 95.2 Å². The zero-order valence-electron chi connectivity index (χ0n) is 19.4. The number of benzene rings is 3. The van der Waals surface area contributed by atoms with E-state index in [1.54, 1.807) is 17.8 Å². The van der Waals surface area contributed by atoms with Crippen LogP contribution in [0, 0.1) is 0 Å². The maximum absolute atomic E-state index is 11.2. The number of nitrogens with two attached hydrogens (primary N) is 1. The molecule has 0 aromatic heterocycles. The van der Waals surface area contributed by atoms with E-state index in [-0.39, 0.29) is 12.2 Å². The standard InChI is InChI=1S/C27H30ClNO4S2/c1-2-15-27(29,17-18-35(30,31)32)16-14-22-8-11-25(19-26(22)28)34-24-12-9-23(10-13-24)33-20-21-6-4-3-5-7-21/h2-13,19H,1,14-18,20,29H2,(H,30,31,32). The van der Waals surface area contributed by atoms with E-state index in [9.17, 15) is 8.42 Å². The first-order chi connectivity index (χ1) is 16.7. The van der Waals surface area contributed by atoms with Crippen molar-refractivity contribution in [2.45, 2.75) is 47.6 Å². The molecule has 0 saturated heterocycles.